The first kappa shape index (κ1) is 20.5. The van der Waals surface area contributed by atoms with Crippen LogP contribution in [0.25, 0.3) is 0 Å². The third kappa shape index (κ3) is 5.82. The average Bonchev–Trinajstić information content (AvgIpc) is 2.47. The van der Waals surface area contributed by atoms with E-state index in [4.69, 9.17) is 11.6 Å². The molecule has 2 aromatic rings. The van der Waals surface area contributed by atoms with Gasteiger partial charge in [-0.3, -0.25) is 0 Å². The molecule has 0 saturated carbocycles. The molecule has 5 heteroatoms. The zero-order valence-corrected chi connectivity index (χ0v) is 14.8. The molecule has 2 rings (SSSR count). The minimum Gasteiger partial charge on any atom is -0.206 e. The Morgan fingerprint density at radius 3 is 1.88 bits per heavy atom. The zero-order chi connectivity index (χ0) is 18.5. The Morgan fingerprint density at radius 2 is 1.46 bits per heavy atom. The molecule has 2 aromatic carbocycles. The van der Waals surface area contributed by atoms with Crippen LogP contribution in [0.5, 0.6) is 0 Å². The maximum atomic E-state index is 12.8. The normalized spacial score (nSPS) is 11.5. The van der Waals surface area contributed by atoms with E-state index in [1.807, 2.05) is 18.2 Å². The van der Waals surface area contributed by atoms with Gasteiger partial charge in [-0.25, -0.2) is 4.39 Å². The molecule has 0 nitrogen and oxygen atoms in total. The highest BCUT2D eigenvalue weighted by atomic mass is 35.5. The fourth-order valence-corrected chi connectivity index (χ4v) is 2.42. The lowest BCUT2D eigenvalue weighted by atomic mass is 10.0. The van der Waals surface area contributed by atoms with Gasteiger partial charge in [-0.05, 0) is 41.2 Å². The van der Waals surface area contributed by atoms with E-state index in [2.05, 4.69) is 19.9 Å². The first-order valence-electron chi connectivity index (χ1n) is 7.65. The van der Waals surface area contributed by atoms with Gasteiger partial charge in [-0.2, -0.15) is 13.2 Å². The third-order valence-electron chi connectivity index (χ3n) is 3.49. The summed E-state index contributed by atoms with van der Waals surface area (Å²) in [4.78, 5) is 0. The molecule has 0 saturated heterocycles. The van der Waals surface area contributed by atoms with Gasteiger partial charge in [0.15, 0.2) is 0 Å². The van der Waals surface area contributed by atoms with Crippen molar-refractivity contribution in [3.63, 3.8) is 0 Å². The Morgan fingerprint density at radius 1 is 0.875 bits per heavy atom. The van der Waals surface area contributed by atoms with Gasteiger partial charge in [0.05, 0.1) is 5.56 Å². The summed E-state index contributed by atoms with van der Waals surface area (Å²) in [5, 5.41) is 0.873. The SMILES string of the molecule is CC(C)c1ccc(F)c(C(F)(F)F)c1.CC(C)c1ccccc1Cl. The molecule has 0 amide bonds. The Balaban J connectivity index is 0.000000254. The lowest BCUT2D eigenvalue weighted by Gasteiger charge is -2.11. The molecule has 0 N–H and O–H groups in total. The van der Waals surface area contributed by atoms with Crippen LogP contribution in [0.3, 0.4) is 0 Å². The molecule has 0 bridgehead atoms. The molecule has 0 spiro atoms. The van der Waals surface area contributed by atoms with E-state index in [-0.39, 0.29) is 5.92 Å². The third-order valence-corrected chi connectivity index (χ3v) is 3.83. The van der Waals surface area contributed by atoms with E-state index < -0.39 is 17.6 Å². The fraction of sp³-hybridized carbons (Fsp3) is 0.368. The molecule has 24 heavy (non-hydrogen) atoms. The number of benzene rings is 2. The lowest BCUT2D eigenvalue weighted by Crippen LogP contribution is -2.09. The van der Waals surface area contributed by atoms with Crippen LogP contribution in [0, 0.1) is 5.82 Å². The van der Waals surface area contributed by atoms with Crippen LogP contribution < -0.4 is 0 Å². The molecule has 0 aliphatic rings. The van der Waals surface area contributed by atoms with Crippen LogP contribution in [0.15, 0.2) is 42.5 Å². The molecule has 0 fully saturated rings. The lowest BCUT2D eigenvalue weighted by molar-refractivity contribution is -0.140. The molecule has 0 aliphatic carbocycles. The fourth-order valence-electron chi connectivity index (χ4n) is 2.06. The number of alkyl halides is 3. The predicted molar refractivity (Wildman–Crippen MR) is 91.0 cm³/mol. The van der Waals surface area contributed by atoms with Crippen molar-refractivity contribution in [2.75, 3.05) is 0 Å². The maximum Gasteiger partial charge on any atom is 0.419 e. The van der Waals surface area contributed by atoms with Crippen LogP contribution in [0.4, 0.5) is 17.6 Å². The van der Waals surface area contributed by atoms with E-state index in [1.54, 1.807) is 13.8 Å². The molecule has 0 atom stereocenters. The van der Waals surface area contributed by atoms with Crippen LogP contribution in [-0.2, 0) is 6.18 Å². The molecule has 0 aliphatic heterocycles. The predicted octanol–water partition coefficient (Wildman–Crippen LogP) is 7.43. The second-order valence-corrected chi connectivity index (χ2v) is 6.48. The van der Waals surface area contributed by atoms with Crippen molar-refractivity contribution in [2.45, 2.75) is 45.7 Å². The first-order chi connectivity index (χ1) is 11.0. The summed E-state index contributed by atoms with van der Waals surface area (Å²) < 4.78 is 49.6. The summed E-state index contributed by atoms with van der Waals surface area (Å²) in [5.74, 6) is -0.743. The van der Waals surface area contributed by atoms with Gasteiger partial charge in [0, 0.05) is 5.02 Å². The summed E-state index contributed by atoms with van der Waals surface area (Å²) in [5.41, 5.74) is 0.520. The quantitative estimate of drug-likeness (QED) is 0.488. The Labute approximate surface area is 145 Å². The maximum absolute atomic E-state index is 12.8. The van der Waals surface area contributed by atoms with Crippen molar-refractivity contribution in [1.82, 2.24) is 0 Å². The summed E-state index contributed by atoms with van der Waals surface area (Å²) in [6.07, 6.45) is -4.62. The van der Waals surface area contributed by atoms with Crippen LogP contribution in [0.2, 0.25) is 5.02 Å². The van der Waals surface area contributed by atoms with Crippen molar-refractivity contribution >= 4 is 11.6 Å². The van der Waals surface area contributed by atoms with E-state index >= 15 is 0 Å². The number of hydrogen-bond donors (Lipinski definition) is 0. The zero-order valence-electron chi connectivity index (χ0n) is 14.1. The molecule has 0 heterocycles. The van der Waals surface area contributed by atoms with Crippen LogP contribution in [0.1, 0.15) is 56.2 Å². The standard InChI is InChI=1S/C10H10F4.C9H11Cl/c1-6(2)7-3-4-9(11)8(5-7)10(12,13)14;1-7(2)8-5-3-4-6-9(8)10/h3-6H,1-2H3;3-7H,1-2H3. The van der Waals surface area contributed by atoms with Crippen molar-refractivity contribution < 1.29 is 17.6 Å². The van der Waals surface area contributed by atoms with Gasteiger partial charge < -0.3 is 0 Å². The summed E-state index contributed by atoms with van der Waals surface area (Å²) in [7, 11) is 0. The second-order valence-electron chi connectivity index (χ2n) is 6.07. The van der Waals surface area contributed by atoms with Gasteiger partial charge in [-0.15, -0.1) is 0 Å². The van der Waals surface area contributed by atoms with Crippen LogP contribution in [-0.4, -0.2) is 0 Å². The van der Waals surface area contributed by atoms with Gasteiger partial charge in [0.2, 0.25) is 0 Å². The molecule has 0 unspecified atom stereocenters. The van der Waals surface area contributed by atoms with E-state index in [0.717, 1.165) is 17.2 Å². The van der Waals surface area contributed by atoms with Gasteiger partial charge >= 0.3 is 6.18 Å². The highest BCUT2D eigenvalue weighted by Gasteiger charge is 2.34. The summed E-state index contributed by atoms with van der Waals surface area (Å²) in [6, 6.07) is 11.0. The van der Waals surface area contributed by atoms with Crippen molar-refractivity contribution in [3.05, 3.63) is 70.0 Å². The van der Waals surface area contributed by atoms with Crippen molar-refractivity contribution in [2.24, 2.45) is 0 Å². The summed E-state index contributed by atoms with van der Waals surface area (Å²) >= 11 is 5.92. The molecular formula is C19H21ClF4. The number of hydrogen-bond acceptors (Lipinski definition) is 0. The minimum atomic E-state index is -4.62. The average molecular weight is 361 g/mol. The van der Waals surface area contributed by atoms with E-state index in [1.165, 1.54) is 11.6 Å². The van der Waals surface area contributed by atoms with Crippen molar-refractivity contribution in [3.8, 4) is 0 Å². The minimum absolute atomic E-state index is 0.0447. The molecule has 132 valence electrons. The first-order valence-corrected chi connectivity index (χ1v) is 8.03. The molecule has 0 radical (unpaired) electrons. The number of halogens is 5. The number of rotatable bonds is 2. The Hall–Kier alpha value is -1.55. The largest absolute Gasteiger partial charge is 0.419 e. The topological polar surface area (TPSA) is 0 Å². The van der Waals surface area contributed by atoms with Crippen molar-refractivity contribution in [1.29, 1.82) is 0 Å². The Bertz CT molecular complexity index is 661. The Kier molecular flexibility index (Phi) is 7.27. The molecule has 0 aromatic heterocycles. The highest BCUT2D eigenvalue weighted by Crippen LogP contribution is 2.33. The van der Waals surface area contributed by atoms with Crippen LogP contribution >= 0.6 is 11.6 Å². The molecular weight excluding hydrogens is 340 g/mol. The van der Waals surface area contributed by atoms with Gasteiger partial charge in [0.25, 0.3) is 0 Å². The van der Waals surface area contributed by atoms with E-state index in [0.29, 0.717) is 11.5 Å². The monoisotopic (exact) mass is 360 g/mol. The second kappa shape index (κ2) is 8.52. The van der Waals surface area contributed by atoms with E-state index in [9.17, 15) is 17.6 Å². The van der Waals surface area contributed by atoms with Gasteiger partial charge in [0.1, 0.15) is 5.82 Å². The summed E-state index contributed by atoms with van der Waals surface area (Å²) in [6.45, 7) is 7.79. The highest BCUT2D eigenvalue weighted by molar-refractivity contribution is 6.31. The smallest absolute Gasteiger partial charge is 0.206 e. The van der Waals surface area contributed by atoms with Gasteiger partial charge in [-0.1, -0.05) is 63.6 Å².